The monoisotopic (exact) mass is 273 g/mol. The SMILES string of the molecule is O=C(CC1CCNC1)c1cscc1Br. The van der Waals surface area contributed by atoms with E-state index in [1.54, 1.807) is 11.3 Å². The van der Waals surface area contributed by atoms with Crippen molar-refractivity contribution < 1.29 is 4.79 Å². The highest BCUT2D eigenvalue weighted by molar-refractivity contribution is 9.10. The van der Waals surface area contributed by atoms with E-state index in [4.69, 9.17) is 0 Å². The van der Waals surface area contributed by atoms with Gasteiger partial charge in [0.1, 0.15) is 0 Å². The highest BCUT2D eigenvalue weighted by Gasteiger charge is 2.20. The van der Waals surface area contributed by atoms with Crippen molar-refractivity contribution in [2.75, 3.05) is 13.1 Å². The van der Waals surface area contributed by atoms with Crippen LogP contribution in [0.1, 0.15) is 23.2 Å². The van der Waals surface area contributed by atoms with Gasteiger partial charge in [0.05, 0.1) is 0 Å². The first-order valence-electron chi connectivity index (χ1n) is 4.73. The molecule has 1 fully saturated rings. The Morgan fingerprint density at radius 3 is 3.07 bits per heavy atom. The van der Waals surface area contributed by atoms with Gasteiger partial charge in [0.15, 0.2) is 5.78 Å². The number of nitrogens with one attached hydrogen (secondary N) is 1. The van der Waals surface area contributed by atoms with Crippen LogP contribution in [0.25, 0.3) is 0 Å². The first-order valence-corrected chi connectivity index (χ1v) is 6.46. The molecule has 2 nitrogen and oxygen atoms in total. The van der Waals surface area contributed by atoms with Crippen LogP contribution in [0.2, 0.25) is 0 Å². The topological polar surface area (TPSA) is 29.1 Å². The van der Waals surface area contributed by atoms with Gasteiger partial charge in [-0.1, -0.05) is 0 Å². The van der Waals surface area contributed by atoms with Crippen LogP contribution in [-0.4, -0.2) is 18.9 Å². The van der Waals surface area contributed by atoms with E-state index < -0.39 is 0 Å². The molecule has 0 spiro atoms. The Hall–Kier alpha value is -0.190. The standard InChI is InChI=1S/C10H12BrNOS/c11-9-6-14-5-8(9)10(13)3-7-1-2-12-4-7/h5-7,12H,1-4H2. The van der Waals surface area contributed by atoms with Crippen molar-refractivity contribution in [2.24, 2.45) is 5.92 Å². The number of ketones is 1. The normalized spacial score (nSPS) is 21.4. The first kappa shape index (κ1) is 10.3. The van der Waals surface area contributed by atoms with Gasteiger partial charge >= 0.3 is 0 Å². The number of carbonyl (C=O) groups excluding carboxylic acids is 1. The molecule has 0 amide bonds. The van der Waals surface area contributed by atoms with Crippen molar-refractivity contribution in [1.82, 2.24) is 5.32 Å². The van der Waals surface area contributed by atoms with E-state index in [0.717, 1.165) is 29.5 Å². The maximum atomic E-state index is 11.8. The van der Waals surface area contributed by atoms with E-state index in [-0.39, 0.29) is 5.78 Å². The van der Waals surface area contributed by atoms with E-state index in [1.807, 2.05) is 10.8 Å². The van der Waals surface area contributed by atoms with Gasteiger partial charge < -0.3 is 5.32 Å². The van der Waals surface area contributed by atoms with Gasteiger partial charge in [-0.15, -0.1) is 0 Å². The zero-order valence-electron chi connectivity index (χ0n) is 7.75. The number of carbonyl (C=O) groups is 1. The summed E-state index contributed by atoms with van der Waals surface area (Å²) < 4.78 is 0.943. The van der Waals surface area contributed by atoms with Crippen LogP contribution in [0, 0.1) is 5.92 Å². The Bertz CT molecular complexity index is 331. The van der Waals surface area contributed by atoms with Crippen molar-refractivity contribution in [1.29, 1.82) is 0 Å². The van der Waals surface area contributed by atoms with E-state index >= 15 is 0 Å². The molecule has 1 atom stereocenters. The molecule has 2 heterocycles. The van der Waals surface area contributed by atoms with Crippen LogP contribution in [-0.2, 0) is 0 Å². The number of hydrogen-bond donors (Lipinski definition) is 1. The van der Waals surface area contributed by atoms with Crippen molar-refractivity contribution in [3.63, 3.8) is 0 Å². The molecule has 2 rings (SSSR count). The molecule has 0 bridgehead atoms. The minimum atomic E-state index is 0.270. The summed E-state index contributed by atoms with van der Waals surface area (Å²) in [5.74, 6) is 0.807. The smallest absolute Gasteiger partial charge is 0.165 e. The Morgan fingerprint density at radius 2 is 2.50 bits per heavy atom. The van der Waals surface area contributed by atoms with Crippen LogP contribution in [0.4, 0.5) is 0 Å². The predicted octanol–water partition coefficient (Wildman–Crippen LogP) is 2.69. The summed E-state index contributed by atoms with van der Waals surface area (Å²) in [7, 11) is 0. The molecule has 0 radical (unpaired) electrons. The van der Waals surface area contributed by atoms with E-state index in [1.165, 1.54) is 0 Å². The molecule has 0 aromatic carbocycles. The van der Waals surface area contributed by atoms with Gasteiger partial charge in [-0.3, -0.25) is 4.79 Å². The first-order chi connectivity index (χ1) is 6.77. The van der Waals surface area contributed by atoms with Crippen LogP contribution < -0.4 is 5.32 Å². The highest BCUT2D eigenvalue weighted by Crippen LogP contribution is 2.25. The summed E-state index contributed by atoms with van der Waals surface area (Å²) in [5.41, 5.74) is 0.849. The third-order valence-corrected chi connectivity index (χ3v) is 4.25. The fourth-order valence-corrected chi connectivity index (χ4v) is 3.26. The molecule has 14 heavy (non-hydrogen) atoms. The average Bonchev–Trinajstić information content (AvgIpc) is 2.75. The second-order valence-electron chi connectivity index (χ2n) is 3.62. The molecule has 1 aromatic rings. The van der Waals surface area contributed by atoms with Crippen LogP contribution in [0.15, 0.2) is 15.2 Å². The Morgan fingerprint density at radius 1 is 1.64 bits per heavy atom. The lowest BCUT2D eigenvalue weighted by Crippen LogP contribution is -2.12. The summed E-state index contributed by atoms with van der Waals surface area (Å²) in [5, 5.41) is 7.16. The van der Waals surface area contributed by atoms with Crippen molar-refractivity contribution in [3.8, 4) is 0 Å². The Kier molecular flexibility index (Phi) is 3.36. The lowest BCUT2D eigenvalue weighted by Gasteiger charge is -2.05. The maximum absolute atomic E-state index is 11.8. The number of hydrogen-bond acceptors (Lipinski definition) is 3. The molecule has 1 aliphatic rings. The van der Waals surface area contributed by atoms with Crippen LogP contribution in [0.5, 0.6) is 0 Å². The van der Waals surface area contributed by atoms with E-state index in [9.17, 15) is 4.79 Å². The predicted molar refractivity (Wildman–Crippen MR) is 61.9 cm³/mol. The fraction of sp³-hybridized carbons (Fsp3) is 0.500. The molecular weight excluding hydrogens is 262 g/mol. The van der Waals surface area contributed by atoms with Gasteiger partial charge in [-0.05, 0) is 41.4 Å². The summed E-state index contributed by atoms with van der Waals surface area (Å²) in [6.45, 7) is 2.05. The summed E-state index contributed by atoms with van der Waals surface area (Å²) in [4.78, 5) is 11.8. The minimum absolute atomic E-state index is 0.270. The maximum Gasteiger partial charge on any atom is 0.165 e. The zero-order valence-corrected chi connectivity index (χ0v) is 10.2. The van der Waals surface area contributed by atoms with Gasteiger partial charge in [-0.25, -0.2) is 0 Å². The van der Waals surface area contributed by atoms with Gasteiger partial charge in [0.25, 0.3) is 0 Å². The molecule has 1 saturated heterocycles. The van der Waals surface area contributed by atoms with Crippen molar-refractivity contribution >= 4 is 33.0 Å². The molecule has 76 valence electrons. The van der Waals surface area contributed by atoms with E-state index in [0.29, 0.717) is 12.3 Å². The number of thiophene rings is 1. The van der Waals surface area contributed by atoms with Crippen LogP contribution >= 0.6 is 27.3 Å². The average molecular weight is 274 g/mol. The van der Waals surface area contributed by atoms with Gasteiger partial charge in [0.2, 0.25) is 0 Å². The lowest BCUT2D eigenvalue weighted by atomic mass is 9.99. The molecule has 1 unspecified atom stereocenters. The molecule has 1 aliphatic heterocycles. The fourth-order valence-electron chi connectivity index (χ4n) is 1.74. The quantitative estimate of drug-likeness (QED) is 0.859. The molecule has 1 N–H and O–H groups in total. The van der Waals surface area contributed by atoms with Gasteiger partial charge in [0, 0.05) is 27.2 Å². The molecule has 4 heteroatoms. The van der Waals surface area contributed by atoms with Crippen molar-refractivity contribution in [3.05, 3.63) is 20.8 Å². The van der Waals surface area contributed by atoms with Gasteiger partial charge in [-0.2, -0.15) is 11.3 Å². The third kappa shape index (κ3) is 2.24. The number of halogens is 1. The summed E-state index contributed by atoms with van der Waals surface area (Å²) in [6.07, 6.45) is 1.82. The second kappa shape index (κ2) is 4.55. The highest BCUT2D eigenvalue weighted by atomic mass is 79.9. The molecule has 0 aliphatic carbocycles. The van der Waals surface area contributed by atoms with Crippen LogP contribution in [0.3, 0.4) is 0 Å². The number of Topliss-reactive ketones (excluding diaryl/α,β-unsaturated/α-hetero) is 1. The summed E-state index contributed by atoms with van der Waals surface area (Å²) in [6, 6.07) is 0. The minimum Gasteiger partial charge on any atom is -0.316 e. The largest absolute Gasteiger partial charge is 0.316 e. The van der Waals surface area contributed by atoms with E-state index in [2.05, 4.69) is 21.2 Å². The Balaban J connectivity index is 1.98. The second-order valence-corrected chi connectivity index (χ2v) is 5.22. The number of rotatable bonds is 3. The third-order valence-electron chi connectivity index (χ3n) is 2.55. The Labute approximate surface area is 95.8 Å². The molecule has 0 saturated carbocycles. The molecular formula is C10H12BrNOS. The lowest BCUT2D eigenvalue weighted by molar-refractivity contribution is 0.0964. The zero-order chi connectivity index (χ0) is 9.97. The molecule has 1 aromatic heterocycles. The van der Waals surface area contributed by atoms with Crippen molar-refractivity contribution in [2.45, 2.75) is 12.8 Å². The summed E-state index contributed by atoms with van der Waals surface area (Å²) >= 11 is 4.96.